The molecule has 0 saturated carbocycles. The SMILES string of the molecule is CCNC(=NCc1ncc(C)c(OC)c1C)N1CCN(c2ccccn2)CC1.I. The fraction of sp³-hybridized carbons (Fsp3) is 0.476. The number of methoxy groups -OCH3 is 1. The second kappa shape index (κ2) is 11.2. The molecule has 2 aromatic rings. The van der Waals surface area contributed by atoms with Crippen molar-refractivity contribution in [3.05, 3.63) is 47.4 Å². The fourth-order valence-electron chi connectivity index (χ4n) is 3.49. The van der Waals surface area contributed by atoms with E-state index in [1.807, 2.05) is 38.4 Å². The van der Waals surface area contributed by atoms with Crippen molar-refractivity contribution in [2.75, 3.05) is 44.7 Å². The third kappa shape index (κ3) is 5.71. The summed E-state index contributed by atoms with van der Waals surface area (Å²) in [5, 5.41) is 3.42. The van der Waals surface area contributed by atoms with Gasteiger partial charge < -0.3 is 19.9 Å². The molecule has 0 bridgehead atoms. The van der Waals surface area contributed by atoms with Crippen LogP contribution in [0.1, 0.15) is 23.7 Å². The Kier molecular flexibility index (Phi) is 8.94. The van der Waals surface area contributed by atoms with Crippen LogP contribution in [0.25, 0.3) is 0 Å². The van der Waals surface area contributed by atoms with Gasteiger partial charge in [0.05, 0.1) is 19.3 Å². The van der Waals surface area contributed by atoms with Gasteiger partial charge in [-0.2, -0.15) is 0 Å². The van der Waals surface area contributed by atoms with Crippen molar-refractivity contribution < 1.29 is 4.74 Å². The van der Waals surface area contributed by atoms with Gasteiger partial charge in [0, 0.05) is 56.2 Å². The van der Waals surface area contributed by atoms with Gasteiger partial charge in [-0.3, -0.25) is 4.98 Å². The molecule has 7 nitrogen and oxygen atoms in total. The molecule has 0 amide bonds. The van der Waals surface area contributed by atoms with Crippen LogP contribution in [0, 0.1) is 13.8 Å². The van der Waals surface area contributed by atoms with Crippen LogP contribution in [-0.2, 0) is 6.54 Å². The summed E-state index contributed by atoms with van der Waals surface area (Å²) in [6.07, 6.45) is 3.70. The monoisotopic (exact) mass is 510 g/mol. The van der Waals surface area contributed by atoms with E-state index in [4.69, 9.17) is 9.73 Å². The van der Waals surface area contributed by atoms with Crippen molar-refractivity contribution in [3.63, 3.8) is 0 Å². The number of hydrogen-bond donors (Lipinski definition) is 1. The number of piperazine rings is 1. The van der Waals surface area contributed by atoms with E-state index in [2.05, 4.69) is 38.1 Å². The third-order valence-electron chi connectivity index (χ3n) is 5.02. The van der Waals surface area contributed by atoms with E-state index in [0.29, 0.717) is 6.54 Å². The third-order valence-corrected chi connectivity index (χ3v) is 5.02. The molecule has 0 spiro atoms. The van der Waals surface area contributed by atoms with Gasteiger partial charge in [0.2, 0.25) is 0 Å². The van der Waals surface area contributed by atoms with Crippen LogP contribution in [0.4, 0.5) is 5.82 Å². The molecule has 1 fully saturated rings. The van der Waals surface area contributed by atoms with Gasteiger partial charge in [0.15, 0.2) is 5.96 Å². The predicted molar refractivity (Wildman–Crippen MR) is 129 cm³/mol. The highest BCUT2D eigenvalue weighted by Gasteiger charge is 2.20. The van der Waals surface area contributed by atoms with Gasteiger partial charge in [-0.05, 0) is 32.9 Å². The van der Waals surface area contributed by atoms with Crippen LogP contribution in [0.3, 0.4) is 0 Å². The summed E-state index contributed by atoms with van der Waals surface area (Å²) in [6, 6.07) is 6.05. The number of aryl methyl sites for hydroxylation is 1. The minimum atomic E-state index is 0. The molecule has 3 heterocycles. The highest BCUT2D eigenvalue weighted by Crippen LogP contribution is 2.24. The standard InChI is InChI=1S/C21H30N6O.HI/c1-5-22-21(25-15-18-17(3)20(28-4)16(2)14-24-18)27-12-10-26(11-13-27)19-8-6-7-9-23-19;/h6-9,14H,5,10-13,15H2,1-4H3,(H,22,25);1H. The lowest BCUT2D eigenvalue weighted by Gasteiger charge is -2.37. The molecular formula is C21H31IN6O. The van der Waals surface area contributed by atoms with Gasteiger partial charge >= 0.3 is 0 Å². The summed E-state index contributed by atoms with van der Waals surface area (Å²) >= 11 is 0. The van der Waals surface area contributed by atoms with Crippen LogP contribution >= 0.6 is 24.0 Å². The van der Waals surface area contributed by atoms with Crippen LogP contribution in [0.5, 0.6) is 5.75 Å². The average molecular weight is 510 g/mol. The van der Waals surface area contributed by atoms with Crippen molar-refractivity contribution in [2.24, 2.45) is 4.99 Å². The molecule has 8 heteroatoms. The Balaban J connectivity index is 0.00000300. The van der Waals surface area contributed by atoms with Crippen molar-refractivity contribution in [2.45, 2.75) is 27.3 Å². The zero-order chi connectivity index (χ0) is 19.9. The fourth-order valence-corrected chi connectivity index (χ4v) is 3.49. The van der Waals surface area contributed by atoms with E-state index in [9.17, 15) is 0 Å². The highest BCUT2D eigenvalue weighted by molar-refractivity contribution is 14.0. The van der Waals surface area contributed by atoms with E-state index < -0.39 is 0 Å². The van der Waals surface area contributed by atoms with Crippen molar-refractivity contribution in [1.29, 1.82) is 0 Å². The van der Waals surface area contributed by atoms with E-state index in [0.717, 1.165) is 67.1 Å². The van der Waals surface area contributed by atoms with Crippen molar-refractivity contribution in [1.82, 2.24) is 20.2 Å². The summed E-state index contributed by atoms with van der Waals surface area (Å²) in [5.74, 6) is 2.87. The first-order valence-corrected chi connectivity index (χ1v) is 9.82. The lowest BCUT2D eigenvalue weighted by molar-refractivity contribution is 0.371. The van der Waals surface area contributed by atoms with Crippen molar-refractivity contribution >= 4 is 35.8 Å². The van der Waals surface area contributed by atoms with Gasteiger partial charge in [0.1, 0.15) is 11.6 Å². The number of hydrogen-bond acceptors (Lipinski definition) is 5. The molecule has 0 radical (unpaired) electrons. The zero-order valence-corrected chi connectivity index (χ0v) is 20.0. The molecule has 0 unspecified atom stereocenters. The summed E-state index contributed by atoms with van der Waals surface area (Å²) < 4.78 is 5.51. The second-order valence-electron chi connectivity index (χ2n) is 6.88. The molecule has 29 heavy (non-hydrogen) atoms. The van der Waals surface area contributed by atoms with Crippen LogP contribution in [-0.4, -0.2) is 60.7 Å². The minimum Gasteiger partial charge on any atom is -0.496 e. The summed E-state index contributed by atoms with van der Waals surface area (Å²) in [7, 11) is 1.70. The molecule has 2 aromatic heterocycles. The van der Waals surface area contributed by atoms with E-state index >= 15 is 0 Å². The highest BCUT2D eigenvalue weighted by atomic mass is 127. The molecule has 0 aliphatic carbocycles. The number of halogens is 1. The maximum Gasteiger partial charge on any atom is 0.194 e. The smallest absolute Gasteiger partial charge is 0.194 e. The van der Waals surface area contributed by atoms with Crippen LogP contribution in [0.2, 0.25) is 0 Å². The van der Waals surface area contributed by atoms with Crippen molar-refractivity contribution in [3.8, 4) is 5.75 Å². The Morgan fingerprint density at radius 3 is 2.55 bits per heavy atom. The number of aliphatic imine (C=N–C) groups is 1. The van der Waals surface area contributed by atoms with Gasteiger partial charge in [-0.15, -0.1) is 24.0 Å². The lowest BCUT2D eigenvalue weighted by Crippen LogP contribution is -2.52. The number of nitrogens with one attached hydrogen (secondary N) is 1. The minimum absolute atomic E-state index is 0. The van der Waals surface area contributed by atoms with E-state index in [-0.39, 0.29) is 24.0 Å². The quantitative estimate of drug-likeness (QED) is 0.379. The maximum absolute atomic E-state index is 5.51. The lowest BCUT2D eigenvalue weighted by atomic mass is 10.1. The number of ether oxygens (including phenoxy) is 1. The largest absolute Gasteiger partial charge is 0.496 e. The number of aromatic nitrogens is 2. The Hall–Kier alpha value is -2.10. The zero-order valence-electron chi connectivity index (χ0n) is 17.7. The second-order valence-corrected chi connectivity index (χ2v) is 6.88. The molecule has 1 aliphatic rings. The molecule has 1 saturated heterocycles. The molecule has 158 valence electrons. The average Bonchev–Trinajstić information content (AvgIpc) is 2.73. The first kappa shape index (κ1) is 23.2. The Bertz CT molecular complexity index is 806. The first-order chi connectivity index (χ1) is 13.6. The number of pyridine rings is 2. The van der Waals surface area contributed by atoms with Gasteiger partial charge in [-0.25, -0.2) is 9.98 Å². The predicted octanol–water partition coefficient (Wildman–Crippen LogP) is 3.01. The molecule has 3 rings (SSSR count). The maximum atomic E-state index is 5.51. The van der Waals surface area contributed by atoms with E-state index in [1.54, 1.807) is 7.11 Å². The summed E-state index contributed by atoms with van der Waals surface area (Å²) in [6.45, 7) is 11.2. The number of anilines is 1. The molecular weight excluding hydrogens is 479 g/mol. The van der Waals surface area contributed by atoms with Crippen LogP contribution < -0.4 is 15.0 Å². The Morgan fingerprint density at radius 2 is 1.93 bits per heavy atom. The van der Waals surface area contributed by atoms with Crippen LogP contribution in [0.15, 0.2) is 35.6 Å². The summed E-state index contributed by atoms with van der Waals surface area (Å²) in [5.41, 5.74) is 3.05. The number of guanidine groups is 1. The normalized spacial score (nSPS) is 14.4. The molecule has 0 aromatic carbocycles. The van der Waals surface area contributed by atoms with Gasteiger partial charge in [-0.1, -0.05) is 6.07 Å². The molecule has 1 N–H and O–H groups in total. The molecule has 1 aliphatic heterocycles. The molecule has 0 atom stereocenters. The first-order valence-electron chi connectivity index (χ1n) is 9.82. The van der Waals surface area contributed by atoms with Gasteiger partial charge in [0.25, 0.3) is 0 Å². The topological polar surface area (TPSA) is 65.9 Å². The number of rotatable bonds is 5. The number of nitrogens with zero attached hydrogens (tertiary/aromatic N) is 5. The Labute approximate surface area is 190 Å². The van der Waals surface area contributed by atoms with E-state index in [1.165, 1.54) is 0 Å². The Morgan fingerprint density at radius 1 is 1.17 bits per heavy atom. The summed E-state index contributed by atoms with van der Waals surface area (Å²) in [4.78, 5) is 18.5.